The molecule has 0 spiro atoms. The molecule has 4 rings (SSSR count). The summed E-state index contributed by atoms with van der Waals surface area (Å²) in [4.78, 5) is 20.5. The molecule has 0 aliphatic heterocycles. The molecule has 126 valence electrons. The summed E-state index contributed by atoms with van der Waals surface area (Å²) in [6.45, 7) is 1.83. The Kier molecular flexibility index (Phi) is 4.14. The normalized spacial score (nSPS) is 11.3. The number of fused-ring (bicyclic) bond motifs is 1. The van der Waals surface area contributed by atoms with Gasteiger partial charge < -0.3 is 9.51 Å². The Bertz CT molecular complexity index is 1100. The lowest BCUT2D eigenvalue weighted by Gasteiger charge is -2.01. The minimum atomic E-state index is -0.308. The second kappa shape index (κ2) is 6.45. The molecule has 3 aromatic heterocycles. The van der Waals surface area contributed by atoms with Crippen molar-refractivity contribution in [2.24, 2.45) is 0 Å². The van der Waals surface area contributed by atoms with E-state index in [4.69, 9.17) is 4.52 Å². The first kappa shape index (κ1) is 16.0. The number of rotatable bonds is 4. The second-order valence-corrected chi connectivity index (χ2v) is 7.25. The van der Waals surface area contributed by atoms with E-state index < -0.39 is 0 Å². The number of aryl methyl sites for hydroxylation is 1. The first-order chi connectivity index (χ1) is 12.1. The van der Waals surface area contributed by atoms with Crippen LogP contribution >= 0.6 is 23.1 Å². The molecular formula is C17H12FN3O2S2. The van der Waals surface area contributed by atoms with Gasteiger partial charge in [0.15, 0.2) is 5.16 Å². The molecule has 0 fully saturated rings. The molecule has 0 atom stereocenters. The number of H-pyrrole nitrogens is 1. The molecule has 1 aromatic carbocycles. The molecule has 0 aliphatic rings. The highest BCUT2D eigenvalue weighted by Gasteiger charge is 2.13. The molecule has 0 bridgehead atoms. The van der Waals surface area contributed by atoms with Gasteiger partial charge in [-0.1, -0.05) is 29.1 Å². The molecule has 25 heavy (non-hydrogen) atoms. The van der Waals surface area contributed by atoms with Crippen LogP contribution in [0.25, 0.3) is 21.3 Å². The Morgan fingerprint density at radius 3 is 2.84 bits per heavy atom. The summed E-state index contributed by atoms with van der Waals surface area (Å²) in [7, 11) is 0. The van der Waals surface area contributed by atoms with Crippen LogP contribution in [-0.2, 0) is 5.75 Å². The van der Waals surface area contributed by atoms with Gasteiger partial charge in [0.2, 0.25) is 0 Å². The zero-order chi connectivity index (χ0) is 17.4. The minimum Gasteiger partial charge on any atom is -0.361 e. The van der Waals surface area contributed by atoms with Gasteiger partial charge in [-0.2, -0.15) is 0 Å². The monoisotopic (exact) mass is 373 g/mol. The number of hydrogen-bond acceptors (Lipinski definition) is 6. The highest BCUT2D eigenvalue weighted by molar-refractivity contribution is 7.98. The van der Waals surface area contributed by atoms with Gasteiger partial charge in [0, 0.05) is 22.8 Å². The third kappa shape index (κ3) is 3.22. The van der Waals surface area contributed by atoms with E-state index in [1.807, 2.05) is 18.4 Å². The molecule has 0 unspecified atom stereocenters. The Labute approximate surface area is 149 Å². The van der Waals surface area contributed by atoms with Crippen molar-refractivity contribution in [3.63, 3.8) is 0 Å². The van der Waals surface area contributed by atoms with Crippen molar-refractivity contribution < 1.29 is 8.91 Å². The fraction of sp³-hybridized carbons (Fsp3) is 0.118. The fourth-order valence-electron chi connectivity index (χ4n) is 2.47. The highest BCUT2D eigenvalue weighted by atomic mass is 32.2. The van der Waals surface area contributed by atoms with Crippen LogP contribution in [0.4, 0.5) is 4.39 Å². The third-order valence-electron chi connectivity index (χ3n) is 3.61. The van der Waals surface area contributed by atoms with Gasteiger partial charge in [-0.15, -0.1) is 11.3 Å². The predicted octanol–water partition coefficient (Wildman–Crippen LogP) is 4.38. The van der Waals surface area contributed by atoms with Gasteiger partial charge in [0.05, 0.1) is 11.1 Å². The van der Waals surface area contributed by atoms with Crippen LogP contribution < -0.4 is 5.56 Å². The van der Waals surface area contributed by atoms with Crippen LogP contribution in [0, 0.1) is 12.7 Å². The van der Waals surface area contributed by atoms with Crippen molar-refractivity contribution in [3.05, 3.63) is 63.3 Å². The standard InChI is InChI=1S/C17H12FN3O2S2/c1-9-6-12(21-23-9)7-25-17-19-15(22)14-13(8-24-16(14)20-17)10-2-4-11(18)5-3-10/h2-6,8H,7H2,1H3,(H,19,20,22). The maximum atomic E-state index is 13.1. The lowest BCUT2D eigenvalue weighted by Crippen LogP contribution is -2.08. The number of nitrogens with zero attached hydrogens (tertiary/aromatic N) is 2. The lowest BCUT2D eigenvalue weighted by atomic mass is 10.1. The smallest absolute Gasteiger partial charge is 0.260 e. The zero-order valence-electron chi connectivity index (χ0n) is 13.1. The molecule has 0 saturated carbocycles. The van der Waals surface area contributed by atoms with E-state index in [-0.39, 0.29) is 11.4 Å². The van der Waals surface area contributed by atoms with Gasteiger partial charge >= 0.3 is 0 Å². The van der Waals surface area contributed by atoms with E-state index in [9.17, 15) is 9.18 Å². The van der Waals surface area contributed by atoms with Gasteiger partial charge in [-0.05, 0) is 24.6 Å². The summed E-state index contributed by atoms with van der Waals surface area (Å²) in [5, 5.41) is 6.85. The van der Waals surface area contributed by atoms with Crippen LogP contribution in [0.2, 0.25) is 0 Å². The largest absolute Gasteiger partial charge is 0.361 e. The molecule has 4 aromatic rings. The lowest BCUT2D eigenvalue weighted by molar-refractivity contribution is 0.393. The Balaban J connectivity index is 1.67. The Morgan fingerprint density at radius 1 is 1.32 bits per heavy atom. The van der Waals surface area contributed by atoms with Crippen LogP contribution in [-0.4, -0.2) is 15.1 Å². The number of thiophene rings is 1. The quantitative estimate of drug-likeness (QED) is 0.425. The van der Waals surface area contributed by atoms with Crippen molar-refractivity contribution in [1.82, 2.24) is 15.1 Å². The summed E-state index contributed by atoms with van der Waals surface area (Å²) in [6.07, 6.45) is 0. The molecule has 0 radical (unpaired) electrons. The zero-order valence-corrected chi connectivity index (χ0v) is 14.7. The van der Waals surface area contributed by atoms with Crippen LogP contribution in [0.1, 0.15) is 11.5 Å². The van der Waals surface area contributed by atoms with E-state index in [0.29, 0.717) is 21.1 Å². The first-order valence-corrected chi connectivity index (χ1v) is 9.29. The fourth-order valence-corrected chi connectivity index (χ4v) is 4.21. The van der Waals surface area contributed by atoms with Crippen LogP contribution in [0.5, 0.6) is 0 Å². The average Bonchev–Trinajstić information content (AvgIpc) is 3.20. The van der Waals surface area contributed by atoms with E-state index in [1.165, 1.54) is 35.2 Å². The molecule has 0 amide bonds. The Morgan fingerprint density at radius 2 is 2.12 bits per heavy atom. The van der Waals surface area contributed by atoms with Gasteiger partial charge in [0.1, 0.15) is 16.4 Å². The molecule has 8 heteroatoms. The first-order valence-electron chi connectivity index (χ1n) is 7.42. The van der Waals surface area contributed by atoms with Crippen molar-refractivity contribution in [2.75, 3.05) is 0 Å². The topological polar surface area (TPSA) is 71.8 Å². The summed E-state index contributed by atoms with van der Waals surface area (Å²) >= 11 is 2.79. The molecule has 0 aliphatic carbocycles. The maximum absolute atomic E-state index is 13.1. The number of aromatic amines is 1. The number of benzene rings is 1. The number of thioether (sulfide) groups is 1. The summed E-state index contributed by atoms with van der Waals surface area (Å²) in [5.41, 5.74) is 2.14. The van der Waals surface area contributed by atoms with Gasteiger partial charge in [-0.3, -0.25) is 4.79 Å². The van der Waals surface area contributed by atoms with Crippen molar-refractivity contribution >= 4 is 33.3 Å². The Hall–Kier alpha value is -2.45. The average molecular weight is 373 g/mol. The molecule has 5 nitrogen and oxygen atoms in total. The van der Waals surface area contributed by atoms with Crippen molar-refractivity contribution in [3.8, 4) is 11.1 Å². The molecule has 3 heterocycles. The molecule has 1 N–H and O–H groups in total. The molecular weight excluding hydrogens is 361 g/mol. The van der Waals surface area contributed by atoms with Gasteiger partial charge in [0.25, 0.3) is 5.56 Å². The van der Waals surface area contributed by atoms with Crippen molar-refractivity contribution in [1.29, 1.82) is 0 Å². The summed E-state index contributed by atoms with van der Waals surface area (Å²) in [5.74, 6) is 0.994. The molecule has 0 saturated heterocycles. The van der Waals surface area contributed by atoms with E-state index in [2.05, 4.69) is 15.1 Å². The van der Waals surface area contributed by atoms with Crippen molar-refractivity contribution in [2.45, 2.75) is 17.8 Å². The highest BCUT2D eigenvalue weighted by Crippen LogP contribution is 2.31. The van der Waals surface area contributed by atoms with E-state index >= 15 is 0 Å². The number of nitrogens with one attached hydrogen (secondary N) is 1. The predicted molar refractivity (Wildman–Crippen MR) is 96.4 cm³/mol. The summed E-state index contributed by atoms with van der Waals surface area (Å²) in [6, 6.07) is 7.92. The number of aromatic nitrogens is 3. The maximum Gasteiger partial charge on any atom is 0.260 e. The summed E-state index contributed by atoms with van der Waals surface area (Å²) < 4.78 is 18.1. The number of halogens is 1. The third-order valence-corrected chi connectivity index (χ3v) is 5.39. The van der Waals surface area contributed by atoms with Crippen LogP contribution in [0.15, 0.2) is 50.2 Å². The second-order valence-electron chi connectivity index (χ2n) is 5.43. The van der Waals surface area contributed by atoms with E-state index in [0.717, 1.165) is 22.6 Å². The van der Waals surface area contributed by atoms with E-state index in [1.54, 1.807) is 12.1 Å². The van der Waals surface area contributed by atoms with Crippen LogP contribution in [0.3, 0.4) is 0 Å². The van der Waals surface area contributed by atoms with Gasteiger partial charge in [-0.25, -0.2) is 9.37 Å². The number of hydrogen-bond donors (Lipinski definition) is 1. The minimum absolute atomic E-state index is 0.204. The SMILES string of the molecule is Cc1cc(CSc2nc3scc(-c4ccc(F)cc4)c3c(=O)[nH]2)no1.